The Morgan fingerprint density at radius 2 is 2.08 bits per heavy atom. The second-order valence-electron chi connectivity index (χ2n) is 4.50. The number of terminal acetylenes is 1. The Bertz CT molecular complexity index is 209. The zero-order chi connectivity index (χ0) is 9.26. The minimum absolute atomic E-state index is 0.462. The van der Waals surface area contributed by atoms with Crippen molar-refractivity contribution in [1.29, 1.82) is 0 Å². The molecule has 0 spiro atoms. The van der Waals surface area contributed by atoms with Crippen molar-refractivity contribution in [3.63, 3.8) is 0 Å². The van der Waals surface area contributed by atoms with E-state index in [1.165, 1.54) is 19.3 Å². The summed E-state index contributed by atoms with van der Waals surface area (Å²) >= 11 is 0. The molecule has 0 aliphatic heterocycles. The zero-order valence-corrected chi connectivity index (χ0v) is 8.00. The lowest BCUT2D eigenvalue weighted by molar-refractivity contribution is 0.324. The van der Waals surface area contributed by atoms with Gasteiger partial charge in [0.2, 0.25) is 0 Å². The summed E-state index contributed by atoms with van der Waals surface area (Å²) in [6.07, 6.45) is 11.4. The molecule has 2 nitrogen and oxygen atoms in total. The van der Waals surface area contributed by atoms with Gasteiger partial charge in [-0.15, -0.1) is 12.3 Å². The molecule has 3 atom stereocenters. The Hall–Kier alpha value is -0.520. The average molecular weight is 178 g/mol. The minimum atomic E-state index is 0.462. The van der Waals surface area contributed by atoms with Gasteiger partial charge in [0, 0.05) is 12.5 Å². The van der Waals surface area contributed by atoms with E-state index in [-0.39, 0.29) is 0 Å². The highest BCUT2D eigenvalue weighted by Crippen LogP contribution is 2.55. The van der Waals surface area contributed by atoms with Crippen LogP contribution in [0.1, 0.15) is 32.1 Å². The fourth-order valence-electron chi connectivity index (χ4n) is 2.78. The van der Waals surface area contributed by atoms with Crippen molar-refractivity contribution in [1.82, 2.24) is 5.43 Å². The number of hydrazine groups is 1. The van der Waals surface area contributed by atoms with E-state index in [0.29, 0.717) is 6.04 Å². The van der Waals surface area contributed by atoms with Crippen LogP contribution in [0, 0.1) is 30.1 Å². The Labute approximate surface area is 80.2 Å². The molecule has 2 rings (SSSR count). The molecule has 0 aromatic heterocycles. The van der Waals surface area contributed by atoms with Crippen LogP contribution in [0.5, 0.6) is 0 Å². The molecule has 3 unspecified atom stereocenters. The zero-order valence-electron chi connectivity index (χ0n) is 8.00. The summed E-state index contributed by atoms with van der Waals surface area (Å²) in [5, 5.41) is 0. The van der Waals surface area contributed by atoms with Crippen LogP contribution in [0.4, 0.5) is 0 Å². The van der Waals surface area contributed by atoms with Crippen molar-refractivity contribution in [2.45, 2.75) is 38.1 Å². The summed E-state index contributed by atoms with van der Waals surface area (Å²) < 4.78 is 0. The second-order valence-corrected chi connectivity index (χ2v) is 4.50. The highest BCUT2D eigenvalue weighted by atomic mass is 15.2. The molecular formula is C11H18N2. The van der Waals surface area contributed by atoms with Crippen molar-refractivity contribution >= 4 is 0 Å². The summed E-state index contributed by atoms with van der Waals surface area (Å²) in [5.74, 6) is 11.1. The van der Waals surface area contributed by atoms with E-state index in [4.69, 9.17) is 12.3 Å². The number of hydrogen-bond donors (Lipinski definition) is 2. The predicted octanol–water partition coefficient (Wildman–Crippen LogP) is 1.28. The molecule has 2 aliphatic rings. The van der Waals surface area contributed by atoms with Crippen LogP contribution in [0.25, 0.3) is 0 Å². The molecule has 0 heterocycles. The Balaban J connectivity index is 1.79. The van der Waals surface area contributed by atoms with Gasteiger partial charge in [0.25, 0.3) is 0 Å². The van der Waals surface area contributed by atoms with Crippen LogP contribution in [0.3, 0.4) is 0 Å². The second kappa shape index (κ2) is 3.69. The van der Waals surface area contributed by atoms with E-state index < -0.39 is 0 Å². The molecule has 2 fully saturated rings. The molecule has 0 aromatic carbocycles. The minimum Gasteiger partial charge on any atom is -0.271 e. The molecule has 2 aliphatic carbocycles. The summed E-state index contributed by atoms with van der Waals surface area (Å²) in [4.78, 5) is 0. The topological polar surface area (TPSA) is 38.0 Å². The number of rotatable bonds is 4. The van der Waals surface area contributed by atoms with Gasteiger partial charge in [-0.05, 0) is 43.4 Å². The fourth-order valence-corrected chi connectivity index (χ4v) is 2.78. The first kappa shape index (κ1) is 9.05. The smallest absolute Gasteiger partial charge is 0.0248 e. The van der Waals surface area contributed by atoms with Crippen molar-refractivity contribution in [2.24, 2.45) is 23.6 Å². The molecule has 0 aromatic rings. The number of fused-ring (bicyclic) bond motifs is 1. The maximum Gasteiger partial charge on any atom is 0.0248 e. The Kier molecular flexibility index (Phi) is 2.57. The molecule has 0 bridgehead atoms. The average Bonchev–Trinajstić information content (AvgIpc) is 2.75. The van der Waals surface area contributed by atoms with E-state index in [9.17, 15) is 0 Å². The monoisotopic (exact) mass is 178 g/mol. The highest BCUT2D eigenvalue weighted by Gasteiger charge is 2.47. The lowest BCUT2D eigenvalue weighted by Gasteiger charge is -2.23. The summed E-state index contributed by atoms with van der Waals surface area (Å²) in [5.41, 5.74) is 2.92. The van der Waals surface area contributed by atoms with Crippen LogP contribution in [0.15, 0.2) is 0 Å². The maximum absolute atomic E-state index is 5.54. The third-order valence-electron chi connectivity index (χ3n) is 3.66. The lowest BCUT2D eigenvalue weighted by atomic mass is 9.92. The third kappa shape index (κ3) is 1.87. The van der Waals surface area contributed by atoms with E-state index >= 15 is 0 Å². The van der Waals surface area contributed by atoms with Crippen LogP contribution in [-0.4, -0.2) is 6.04 Å². The maximum atomic E-state index is 5.54. The quantitative estimate of drug-likeness (QED) is 0.386. The SMILES string of the molecule is C#CCCC(NN)C1CC2CC2C1. The molecule has 2 heteroatoms. The molecule has 0 saturated heterocycles. The van der Waals surface area contributed by atoms with E-state index in [0.717, 1.165) is 30.6 Å². The van der Waals surface area contributed by atoms with Crippen LogP contribution in [-0.2, 0) is 0 Å². The van der Waals surface area contributed by atoms with Crippen molar-refractivity contribution in [3.05, 3.63) is 0 Å². The standard InChI is InChI=1S/C11H18N2/c1-2-3-4-11(13-12)10-6-8-5-9(8)7-10/h1,8-11,13H,3-7,12H2. The first-order valence-corrected chi connectivity index (χ1v) is 5.24. The van der Waals surface area contributed by atoms with Gasteiger partial charge in [-0.25, -0.2) is 0 Å². The van der Waals surface area contributed by atoms with Crippen molar-refractivity contribution in [3.8, 4) is 12.3 Å². The van der Waals surface area contributed by atoms with E-state index in [2.05, 4.69) is 11.3 Å². The van der Waals surface area contributed by atoms with Gasteiger partial charge < -0.3 is 0 Å². The Morgan fingerprint density at radius 3 is 2.62 bits per heavy atom. The third-order valence-corrected chi connectivity index (χ3v) is 3.66. The molecule has 0 amide bonds. The normalized spacial score (nSPS) is 38.0. The Morgan fingerprint density at radius 1 is 1.38 bits per heavy atom. The summed E-state index contributed by atoms with van der Waals surface area (Å²) in [7, 11) is 0. The van der Waals surface area contributed by atoms with Gasteiger partial charge in [-0.3, -0.25) is 11.3 Å². The van der Waals surface area contributed by atoms with Crippen molar-refractivity contribution in [2.75, 3.05) is 0 Å². The number of hydrogen-bond acceptors (Lipinski definition) is 2. The van der Waals surface area contributed by atoms with Gasteiger partial charge in [-0.1, -0.05) is 0 Å². The van der Waals surface area contributed by atoms with Crippen LogP contribution in [0.2, 0.25) is 0 Å². The summed E-state index contributed by atoms with van der Waals surface area (Å²) in [6, 6.07) is 0.462. The van der Waals surface area contributed by atoms with Crippen molar-refractivity contribution < 1.29 is 0 Å². The first-order valence-electron chi connectivity index (χ1n) is 5.24. The molecule has 72 valence electrons. The van der Waals surface area contributed by atoms with Gasteiger partial charge in [-0.2, -0.15) is 0 Å². The van der Waals surface area contributed by atoms with E-state index in [1.54, 1.807) is 0 Å². The lowest BCUT2D eigenvalue weighted by Crippen LogP contribution is -2.40. The van der Waals surface area contributed by atoms with Gasteiger partial charge in [0.15, 0.2) is 0 Å². The molecule has 13 heavy (non-hydrogen) atoms. The highest BCUT2D eigenvalue weighted by molar-refractivity contribution is 4.99. The van der Waals surface area contributed by atoms with E-state index in [1.807, 2.05) is 0 Å². The van der Waals surface area contributed by atoms with Gasteiger partial charge in [0.1, 0.15) is 0 Å². The van der Waals surface area contributed by atoms with Gasteiger partial charge >= 0.3 is 0 Å². The molecule has 0 radical (unpaired) electrons. The van der Waals surface area contributed by atoms with Crippen LogP contribution >= 0.6 is 0 Å². The number of nitrogens with one attached hydrogen (secondary N) is 1. The number of nitrogens with two attached hydrogens (primary N) is 1. The first-order chi connectivity index (χ1) is 6.35. The van der Waals surface area contributed by atoms with Gasteiger partial charge in [0.05, 0.1) is 0 Å². The summed E-state index contributed by atoms with van der Waals surface area (Å²) in [6.45, 7) is 0. The predicted molar refractivity (Wildman–Crippen MR) is 53.5 cm³/mol. The largest absolute Gasteiger partial charge is 0.271 e. The fraction of sp³-hybridized carbons (Fsp3) is 0.818. The molecular weight excluding hydrogens is 160 g/mol. The molecule has 3 N–H and O–H groups in total. The molecule has 2 saturated carbocycles. The van der Waals surface area contributed by atoms with Crippen LogP contribution < -0.4 is 11.3 Å².